The van der Waals surface area contributed by atoms with Gasteiger partial charge in [-0.3, -0.25) is 0 Å². The van der Waals surface area contributed by atoms with Gasteiger partial charge in [-0.05, 0) is 42.7 Å². The van der Waals surface area contributed by atoms with E-state index in [1.54, 1.807) is 0 Å². The largest absolute Gasteiger partial charge is 0.381 e. The molecule has 1 heteroatoms. The molecule has 0 aliphatic rings. The topological polar surface area (TPSA) is 12.0 Å². The second-order valence-electron chi connectivity index (χ2n) is 5.06. The summed E-state index contributed by atoms with van der Waals surface area (Å²) in [5.74, 6) is 0. The Kier molecular flexibility index (Phi) is 12.4. The third-order valence-electron chi connectivity index (χ3n) is 3.10. The van der Waals surface area contributed by atoms with E-state index in [4.69, 9.17) is 0 Å². The third-order valence-corrected chi connectivity index (χ3v) is 3.10. The Morgan fingerprint density at radius 2 is 1.43 bits per heavy atom. The minimum Gasteiger partial charge on any atom is -0.381 e. The number of hydrogen-bond acceptors (Lipinski definition) is 1. The molecule has 0 radical (unpaired) electrons. The van der Waals surface area contributed by atoms with Crippen molar-refractivity contribution in [1.29, 1.82) is 0 Å². The number of rotatable bonds is 4. The zero-order valence-corrected chi connectivity index (χ0v) is 15.7. The fraction of sp³-hybridized carbons (Fsp3) is 0.364. The molecule has 1 nitrogen and oxygen atoms in total. The molecule has 0 unspecified atom stereocenters. The molecule has 0 saturated heterocycles. The van der Waals surface area contributed by atoms with E-state index in [2.05, 4.69) is 75.5 Å². The maximum absolute atomic E-state index is 3.45. The van der Waals surface area contributed by atoms with E-state index in [0.29, 0.717) is 0 Å². The first kappa shape index (κ1) is 21.0. The molecule has 23 heavy (non-hydrogen) atoms. The summed E-state index contributed by atoms with van der Waals surface area (Å²) < 4.78 is 0. The van der Waals surface area contributed by atoms with Gasteiger partial charge in [-0.25, -0.2) is 0 Å². The van der Waals surface area contributed by atoms with E-state index in [0.717, 1.165) is 12.2 Å². The van der Waals surface area contributed by atoms with Gasteiger partial charge in [-0.2, -0.15) is 0 Å². The van der Waals surface area contributed by atoms with E-state index in [1.807, 2.05) is 32.0 Å². The van der Waals surface area contributed by atoms with Crippen molar-refractivity contribution in [3.8, 4) is 0 Å². The fourth-order valence-electron chi connectivity index (χ4n) is 2.04. The van der Waals surface area contributed by atoms with Crippen LogP contribution in [0.4, 0.5) is 5.69 Å². The number of anilines is 1. The van der Waals surface area contributed by atoms with E-state index in [9.17, 15) is 0 Å². The SMILES string of the molecule is C/C=C(\CNc1ccccc1)c1ccccc1C.CC.CCC. The van der Waals surface area contributed by atoms with Crippen molar-refractivity contribution in [1.82, 2.24) is 0 Å². The van der Waals surface area contributed by atoms with E-state index in [-0.39, 0.29) is 0 Å². The lowest BCUT2D eigenvalue weighted by molar-refractivity contribution is 1.09. The summed E-state index contributed by atoms with van der Waals surface area (Å²) in [7, 11) is 0. The van der Waals surface area contributed by atoms with Gasteiger partial charge in [0.05, 0.1) is 0 Å². The standard InChI is InChI=1S/C17H19N.C3H8.C2H6/c1-3-15(17-12-8-7-9-14(17)2)13-18-16-10-5-4-6-11-16;1-3-2;1-2/h3-12,18H,13H2,1-2H3;3H2,1-2H3;1-2H3/b15-3+;;. The summed E-state index contributed by atoms with van der Waals surface area (Å²) in [5, 5.41) is 3.45. The predicted molar refractivity (Wildman–Crippen MR) is 107 cm³/mol. The van der Waals surface area contributed by atoms with Crippen LogP contribution >= 0.6 is 0 Å². The Bertz CT molecular complexity index is 541. The van der Waals surface area contributed by atoms with Crippen molar-refractivity contribution in [3.05, 3.63) is 71.8 Å². The van der Waals surface area contributed by atoms with Crippen molar-refractivity contribution >= 4 is 11.3 Å². The molecule has 0 aromatic heterocycles. The number of hydrogen-bond donors (Lipinski definition) is 1. The van der Waals surface area contributed by atoms with E-state index >= 15 is 0 Å². The van der Waals surface area contributed by atoms with Crippen LogP contribution in [0.5, 0.6) is 0 Å². The first-order valence-corrected chi connectivity index (χ1v) is 8.73. The van der Waals surface area contributed by atoms with Crippen LogP contribution in [0, 0.1) is 6.92 Å². The summed E-state index contributed by atoms with van der Waals surface area (Å²) in [6.07, 6.45) is 3.43. The molecular weight excluding hydrogens is 278 g/mol. The Labute approximate surface area is 143 Å². The van der Waals surface area contributed by atoms with Crippen LogP contribution in [0.2, 0.25) is 0 Å². The average Bonchev–Trinajstić information content (AvgIpc) is 2.60. The fourth-order valence-corrected chi connectivity index (χ4v) is 2.04. The van der Waals surface area contributed by atoms with Gasteiger partial charge in [-0.1, -0.05) is 82.7 Å². The first-order chi connectivity index (χ1) is 11.2. The van der Waals surface area contributed by atoms with Crippen molar-refractivity contribution in [2.24, 2.45) is 0 Å². The van der Waals surface area contributed by atoms with Gasteiger partial charge in [-0.15, -0.1) is 0 Å². The molecule has 2 rings (SSSR count). The summed E-state index contributed by atoms with van der Waals surface area (Å²) in [6.45, 7) is 13.3. The molecule has 0 atom stereocenters. The molecule has 2 aromatic rings. The van der Waals surface area contributed by atoms with Gasteiger partial charge in [0, 0.05) is 12.2 Å². The summed E-state index contributed by atoms with van der Waals surface area (Å²) in [5.41, 5.74) is 5.13. The number of benzene rings is 2. The van der Waals surface area contributed by atoms with E-state index in [1.165, 1.54) is 23.1 Å². The number of para-hydroxylation sites is 1. The van der Waals surface area contributed by atoms with Gasteiger partial charge in [0.15, 0.2) is 0 Å². The third kappa shape index (κ3) is 8.25. The molecule has 2 aromatic carbocycles. The lowest BCUT2D eigenvalue weighted by Crippen LogP contribution is -2.04. The van der Waals surface area contributed by atoms with Gasteiger partial charge in [0.25, 0.3) is 0 Å². The smallest absolute Gasteiger partial charge is 0.0403 e. The molecule has 1 N–H and O–H groups in total. The van der Waals surface area contributed by atoms with Gasteiger partial charge in [0.2, 0.25) is 0 Å². The van der Waals surface area contributed by atoms with Crippen molar-refractivity contribution in [2.45, 2.75) is 48.0 Å². The molecule has 0 heterocycles. The lowest BCUT2D eigenvalue weighted by atomic mass is 10.0. The van der Waals surface area contributed by atoms with E-state index < -0.39 is 0 Å². The maximum Gasteiger partial charge on any atom is 0.0403 e. The van der Waals surface area contributed by atoms with Gasteiger partial charge < -0.3 is 5.32 Å². The summed E-state index contributed by atoms with van der Waals surface area (Å²) in [4.78, 5) is 0. The van der Waals surface area contributed by atoms with Crippen molar-refractivity contribution < 1.29 is 0 Å². The second kappa shape index (κ2) is 13.6. The maximum atomic E-state index is 3.45. The average molecular weight is 312 g/mol. The Morgan fingerprint density at radius 3 is 1.96 bits per heavy atom. The molecule has 126 valence electrons. The second-order valence-corrected chi connectivity index (χ2v) is 5.06. The molecule has 0 spiro atoms. The highest BCUT2D eigenvalue weighted by Gasteiger charge is 2.03. The van der Waals surface area contributed by atoms with Crippen LogP contribution < -0.4 is 5.32 Å². The van der Waals surface area contributed by atoms with Crippen LogP contribution in [-0.4, -0.2) is 6.54 Å². The quantitative estimate of drug-likeness (QED) is 0.644. The van der Waals surface area contributed by atoms with Crippen LogP contribution in [0.15, 0.2) is 60.7 Å². The Balaban J connectivity index is 0.000000868. The lowest BCUT2D eigenvalue weighted by Gasteiger charge is -2.12. The molecule has 0 fully saturated rings. The molecule has 0 bridgehead atoms. The summed E-state index contributed by atoms with van der Waals surface area (Å²) in [6, 6.07) is 18.8. The Hall–Kier alpha value is -2.02. The van der Waals surface area contributed by atoms with Crippen molar-refractivity contribution in [2.75, 3.05) is 11.9 Å². The zero-order chi connectivity index (χ0) is 17.5. The first-order valence-electron chi connectivity index (χ1n) is 8.73. The monoisotopic (exact) mass is 311 g/mol. The van der Waals surface area contributed by atoms with Crippen LogP contribution in [0.1, 0.15) is 52.2 Å². The predicted octanol–water partition coefficient (Wildman–Crippen LogP) is 6.95. The molecule has 0 amide bonds. The minimum atomic E-state index is 0.853. The normalized spacial score (nSPS) is 9.91. The van der Waals surface area contributed by atoms with Crippen LogP contribution in [0.25, 0.3) is 5.57 Å². The minimum absolute atomic E-state index is 0.853. The highest BCUT2D eigenvalue weighted by Crippen LogP contribution is 2.19. The van der Waals surface area contributed by atoms with Gasteiger partial charge in [0.1, 0.15) is 0 Å². The molecule has 0 aliphatic heterocycles. The van der Waals surface area contributed by atoms with Crippen LogP contribution in [-0.2, 0) is 0 Å². The molecule has 0 saturated carbocycles. The highest BCUT2D eigenvalue weighted by molar-refractivity contribution is 5.71. The Morgan fingerprint density at radius 1 is 0.913 bits per heavy atom. The highest BCUT2D eigenvalue weighted by atomic mass is 14.9. The molecular formula is C22H33N. The van der Waals surface area contributed by atoms with Gasteiger partial charge >= 0.3 is 0 Å². The zero-order valence-electron chi connectivity index (χ0n) is 15.7. The number of nitrogens with one attached hydrogen (secondary N) is 1. The molecule has 0 aliphatic carbocycles. The van der Waals surface area contributed by atoms with Crippen LogP contribution in [0.3, 0.4) is 0 Å². The summed E-state index contributed by atoms with van der Waals surface area (Å²) >= 11 is 0. The van der Waals surface area contributed by atoms with Crippen molar-refractivity contribution in [3.63, 3.8) is 0 Å². The number of aryl methyl sites for hydroxylation is 1. The number of allylic oxidation sites excluding steroid dienone is 1.